The smallest absolute Gasteiger partial charge is 0.157 e. The van der Waals surface area contributed by atoms with Crippen LogP contribution in [0.25, 0.3) is 0 Å². The average molecular weight is 136 g/mol. The van der Waals surface area contributed by atoms with Gasteiger partial charge in [0.1, 0.15) is 6.10 Å². The maximum absolute atomic E-state index is 9.89. The Morgan fingerprint density at radius 2 is 1.44 bits per heavy atom. The van der Waals surface area contributed by atoms with Crippen molar-refractivity contribution in [3.63, 3.8) is 0 Å². The largest absolute Gasteiger partial charge is 0.386 e. The summed E-state index contributed by atoms with van der Waals surface area (Å²) in [6, 6.07) is 0. The van der Waals surface area contributed by atoms with Crippen LogP contribution in [0.2, 0.25) is 0 Å². The number of Topliss-reactive ketones (excluding diaryl/α,β-unsaturated/α-hetero) is 1. The monoisotopic (exact) mass is 136 g/mol. The molecular weight excluding hydrogens is 116 g/mol. The second-order valence-corrected chi connectivity index (χ2v) is 1.29. The van der Waals surface area contributed by atoms with Gasteiger partial charge in [-0.25, -0.2) is 0 Å². The molecule has 0 heterocycles. The lowest BCUT2D eigenvalue weighted by molar-refractivity contribution is -0.124. The van der Waals surface area contributed by atoms with Crippen LogP contribution in [-0.4, -0.2) is 17.0 Å². The van der Waals surface area contributed by atoms with Gasteiger partial charge in [-0.1, -0.05) is 22.3 Å². The van der Waals surface area contributed by atoms with Crippen LogP contribution in [0.3, 0.4) is 0 Å². The fourth-order valence-corrected chi connectivity index (χ4v) is 0. The summed E-state index contributed by atoms with van der Waals surface area (Å²) in [6.07, 6.45) is -0.787. The second-order valence-electron chi connectivity index (χ2n) is 1.29. The fourth-order valence-electron chi connectivity index (χ4n) is 0. The van der Waals surface area contributed by atoms with E-state index in [0.29, 0.717) is 0 Å². The molecule has 0 aliphatic heterocycles. The van der Waals surface area contributed by atoms with Crippen molar-refractivity contribution in [2.24, 2.45) is 0 Å². The third kappa shape index (κ3) is 18.4. The Labute approximate surface area is 58.9 Å². The molecule has 0 fully saturated rings. The van der Waals surface area contributed by atoms with Crippen molar-refractivity contribution in [3.8, 4) is 0 Å². The number of rotatable bonds is 1. The first-order valence-corrected chi connectivity index (χ1v) is 1.83. The molecule has 2 nitrogen and oxygen atoms in total. The molecule has 0 aromatic heterocycles. The van der Waals surface area contributed by atoms with Crippen LogP contribution in [0.15, 0.2) is 0 Å². The quantitative estimate of drug-likeness (QED) is 0.597. The molecule has 9 heavy (non-hydrogen) atoms. The number of aliphatic hydroxyl groups excluding tert-OH is 1. The van der Waals surface area contributed by atoms with Crippen molar-refractivity contribution >= 4 is 5.78 Å². The lowest BCUT2D eigenvalue weighted by atomic mass is 10.3. The van der Waals surface area contributed by atoms with Gasteiger partial charge in [-0.15, -0.1) is 0 Å². The number of aliphatic hydroxyl groups is 1. The van der Waals surface area contributed by atoms with Gasteiger partial charge in [-0.2, -0.15) is 0 Å². The van der Waals surface area contributed by atoms with E-state index in [0.717, 1.165) is 0 Å². The number of hydrogen-bond donors (Lipinski definition) is 1. The van der Waals surface area contributed by atoms with Crippen molar-refractivity contribution in [1.82, 2.24) is 0 Å². The van der Waals surface area contributed by atoms with Crippen LogP contribution in [0.1, 0.15) is 36.1 Å². The molecule has 0 saturated carbocycles. The van der Waals surface area contributed by atoms with Crippen molar-refractivity contribution in [2.75, 3.05) is 0 Å². The first kappa shape index (κ1) is 23.4. The molecule has 1 unspecified atom stereocenters. The zero-order valence-corrected chi connectivity index (χ0v) is 3.93. The standard InChI is InChI=1S/C4H8O2.3CH4/c1-3(5)4(2)6;;;/h3,5H,1-2H3;3*1H4. The fraction of sp³-hybridized carbons (Fsp3) is 0.857. The molecule has 0 radical (unpaired) electrons. The Morgan fingerprint density at radius 1 is 1.33 bits per heavy atom. The highest BCUT2D eigenvalue weighted by atomic mass is 16.3. The zero-order valence-electron chi connectivity index (χ0n) is 3.93. The van der Waals surface area contributed by atoms with Gasteiger partial charge in [0.2, 0.25) is 0 Å². The topological polar surface area (TPSA) is 37.3 Å². The summed E-state index contributed by atoms with van der Waals surface area (Å²) in [7, 11) is 0. The van der Waals surface area contributed by atoms with Crippen LogP contribution >= 0.6 is 0 Å². The van der Waals surface area contributed by atoms with E-state index < -0.39 is 6.10 Å². The molecule has 0 saturated heterocycles. The maximum atomic E-state index is 9.89. The van der Waals surface area contributed by atoms with Crippen molar-refractivity contribution in [1.29, 1.82) is 0 Å². The molecule has 2 heteroatoms. The minimum Gasteiger partial charge on any atom is -0.386 e. The predicted molar refractivity (Wildman–Crippen MR) is 42.6 cm³/mol. The molecule has 0 amide bonds. The highest BCUT2D eigenvalue weighted by Crippen LogP contribution is 1.76. The van der Waals surface area contributed by atoms with E-state index in [1.54, 1.807) is 0 Å². The molecular formula is C7H20O2. The van der Waals surface area contributed by atoms with Crippen molar-refractivity contribution < 1.29 is 9.90 Å². The molecule has 0 aliphatic rings. The lowest BCUT2D eigenvalue weighted by Crippen LogP contribution is -2.10. The van der Waals surface area contributed by atoms with Crippen LogP contribution in [0, 0.1) is 0 Å². The highest BCUT2D eigenvalue weighted by molar-refractivity contribution is 5.79. The molecule has 0 rings (SSSR count). The molecule has 0 aliphatic carbocycles. The summed E-state index contributed by atoms with van der Waals surface area (Å²) in [5, 5.41) is 8.28. The summed E-state index contributed by atoms with van der Waals surface area (Å²) in [5.74, 6) is -0.185. The zero-order chi connectivity index (χ0) is 5.15. The van der Waals surface area contributed by atoms with Crippen LogP contribution in [0.5, 0.6) is 0 Å². The number of ketones is 1. The van der Waals surface area contributed by atoms with Gasteiger partial charge < -0.3 is 5.11 Å². The lowest BCUT2D eigenvalue weighted by Gasteiger charge is -1.90. The summed E-state index contributed by atoms with van der Waals surface area (Å²) >= 11 is 0. The highest BCUT2D eigenvalue weighted by Gasteiger charge is 1.97. The van der Waals surface area contributed by atoms with Gasteiger partial charge in [0, 0.05) is 0 Å². The SMILES string of the molecule is C.C.C.CC(=O)C(C)O. The number of hydrogen-bond acceptors (Lipinski definition) is 2. The Kier molecular flexibility index (Phi) is 27.6. The molecule has 0 bridgehead atoms. The van der Waals surface area contributed by atoms with Gasteiger partial charge in [0.15, 0.2) is 5.78 Å². The molecule has 0 spiro atoms. The Morgan fingerprint density at radius 3 is 1.44 bits per heavy atom. The maximum Gasteiger partial charge on any atom is 0.157 e. The normalized spacial score (nSPS) is 9.22. The predicted octanol–water partition coefficient (Wildman–Crippen LogP) is 1.86. The summed E-state index contributed by atoms with van der Waals surface area (Å²) < 4.78 is 0. The third-order valence-corrected chi connectivity index (χ3v) is 0.588. The Hall–Kier alpha value is -0.370. The first-order chi connectivity index (χ1) is 2.64. The molecule has 1 N–H and O–H groups in total. The van der Waals surface area contributed by atoms with E-state index in [1.807, 2.05) is 0 Å². The van der Waals surface area contributed by atoms with E-state index in [9.17, 15) is 4.79 Å². The minimum absolute atomic E-state index is 0. The Balaban J connectivity index is -0.0000000417. The van der Waals surface area contributed by atoms with E-state index >= 15 is 0 Å². The minimum atomic E-state index is -0.787. The van der Waals surface area contributed by atoms with Gasteiger partial charge in [0.25, 0.3) is 0 Å². The van der Waals surface area contributed by atoms with Crippen molar-refractivity contribution in [2.45, 2.75) is 42.2 Å². The van der Waals surface area contributed by atoms with E-state index in [2.05, 4.69) is 0 Å². The van der Waals surface area contributed by atoms with Crippen LogP contribution in [0.4, 0.5) is 0 Å². The van der Waals surface area contributed by atoms with E-state index in [-0.39, 0.29) is 28.1 Å². The van der Waals surface area contributed by atoms with E-state index in [4.69, 9.17) is 5.11 Å². The van der Waals surface area contributed by atoms with Gasteiger partial charge in [0.05, 0.1) is 0 Å². The molecule has 0 aromatic carbocycles. The third-order valence-electron chi connectivity index (χ3n) is 0.588. The molecule has 60 valence electrons. The summed E-state index contributed by atoms with van der Waals surface area (Å²) in [6.45, 7) is 2.80. The van der Waals surface area contributed by atoms with Gasteiger partial charge in [-0.3, -0.25) is 4.79 Å². The van der Waals surface area contributed by atoms with Crippen LogP contribution in [-0.2, 0) is 4.79 Å². The average Bonchev–Trinajstić information content (AvgIpc) is 1.36. The van der Waals surface area contributed by atoms with Crippen molar-refractivity contribution in [3.05, 3.63) is 0 Å². The van der Waals surface area contributed by atoms with E-state index in [1.165, 1.54) is 13.8 Å². The van der Waals surface area contributed by atoms with Gasteiger partial charge in [-0.05, 0) is 13.8 Å². The Bertz CT molecular complexity index is 57.9. The van der Waals surface area contributed by atoms with Crippen LogP contribution < -0.4 is 0 Å². The first-order valence-electron chi connectivity index (χ1n) is 1.83. The summed E-state index contributed by atoms with van der Waals surface area (Å²) in [5.41, 5.74) is 0. The second kappa shape index (κ2) is 10.6. The number of carbonyl (C=O) groups excluding carboxylic acids is 1. The summed E-state index contributed by atoms with van der Waals surface area (Å²) in [4.78, 5) is 9.89. The molecule has 1 atom stereocenters. The number of carbonyl (C=O) groups is 1. The van der Waals surface area contributed by atoms with Gasteiger partial charge >= 0.3 is 0 Å². The molecule has 0 aromatic rings.